The zero-order valence-electron chi connectivity index (χ0n) is 9.82. The molecule has 1 saturated heterocycles. The van der Waals surface area contributed by atoms with Crippen LogP contribution in [0.5, 0.6) is 0 Å². The first-order chi connectivity index (χ1) is 7.26. The number of nitrogens with two attached hydrogens (primary N) is 1. The van der Waals surface area contributed by atoms with Crippen molar-refractivity contribution in [3.05, 3.63) is 0 Å². The lowest BCUT2D eigenvalue weighted by Crippen LogP contribution is -2.48. The van der Waals surface area contributed by atoms with Crippen LogP contribution in [0.2, 0.25) is 0 Å². The van der Waals surface area contributed by atoms with Gasteiger partial charge in [0.1, 0.15) is 0 Å². The molecule has 5 nitrogen and oxygen atoms in total. The molecule has 0 aromatic carbocycles. The van der Waals surface area contributed by atoms with E-state index in [4.69, 9.17) is 5.73 Å². The van der Waals surface area contributed by atoms with Crippen molar-refractivity contribution in [1.29, 1.82) is 0 Å². The van der Waals surface area contributed by atoms with Crippen LogP contribution >= 0.6 is 0 Å². The summed E-state index contributed by atoms with van der Waals surface area (Å²) in [6.45, 7) is 3.69. The van der Waals surface area contributed by atoms with Gasteiger partial charge in [-0.2, -0.15) is 0 Å². The number of rotatable bonds is 4. The average molecular weight is 248 g/mol. The van der Waals surface area contributed by atoms with Crippen molar-refractivity contribution in [2.75, 3.05) is 11.5 Å². The van der Waals surface area contributed by atoms with E-state index in [9.17, 15) is 13.2 Å². The molecule has 0 aliphatic carbocycles. The number of amides is 1. The molecule has 1 rings (SSSR count). The number of nitrogens with one attached hydrogen (secondary N) is 1. The molecule has 3 N–H and O–H groups in total. The van der Waals surface area contributed by atoms with Crippen molar-refractivity contribution in [2.45, 2.75) is 44.7 Å². The van der Waals surface area contributed by atoms with E-state index in [1.165, 1.54) is 0 Å². The standard InChI is InChI=1S/C10H20N2O3S/c1-3-8(11)6-9(13)12-10(2)4-5-16(14,15)7-10/h8H,3-7,11H2,1-2H3,(H,12,13). The van der Waals surface area contributed by atoms with Crippen LogP contribution in [-0.2, 0) is 14.6 Å². The molecule has 0 bridgehead atoms. The van der Waals surface area contributed by atoms with Gasteiger partial charge in [0, 0.05) is 12.5 Å². The van der Waals surface area contributed by atoms with E-state index in [1.807, 2.05) is 6.92 Å². The van der Waals surface area contributed by atoms with Gasteiger partial charge in [0.2, 0.25) is 5.91 Å². The SMILES string of the molecule is CCC(N)CC(=O)NC1(C)CCS(=O)(=O)C1. The molecule has 0 spiro atoms. The van der Waals surface area contributed by atoms with Crippen molar-refractivity contribution in [3.63, 3.8) is 0 Å². The van der Waals surface area contributed by atoms with Crippen LogP contribution in [0.25, 0.3) is 0 Å². The third-order valence-corrected chi connectivity index (χ3v) is 4.82. The van der Waals surface area contributed by atoms with Gasteiger partial charge < -0.3 is 11.1 Å². The number of carbonyl (C=O) groups is 1. The van der Waals surface area contributed by atoms with E-state index < -0.39 is 15.4 Å². The fraction of sp³-hybridized carbons (Fsp3) is 0.900. The Morgan fingerprint density at radius 1 is 1.56 bits per heavy atom. The van der Waals surface area contributed by atoms with E-state index in [2.05, 4.69) is 5.32 Å². The summed E-state index contributed by atoms with van der Waals surface area (Å²) in [6.07, 6.45) is 1.48. The van der Waals surface area contributed by atoms with Gasteiger partial charge in [-0.25, -0.2) is 8.42 Å². The molecule has 6 heteroatoms. The Morgan fingerprint density at radius 2 is 2.19 bits per heavy atom. The summed E-state index contributed by atoms with van der Waals surface area (Å²) in [6, 6.07) is -0.151. The van der Waals surface area contributed by atoms with E-state index >= 15 is 0 Å². The van der Waals surface area contributed by atoms with E-state index in [1.54, 1.807) is 6.92 Å². The topological polar surface area (TPSA) is 89.3 Å². The van der Waals surface area contributed by atoms with Crippen LogP contribution in [0.15, 0.2) is 0 Å². The van der Waals surface area contributed by atoms with E-state index in [0.29, 0.717) is 6.42 Å². The fourth-order valence-corrected chi connectivity index (χ4v) is 3.97. The minimum Gasteiger partial charge on any atom is -0.350 e. The molecule has 2 atom stereocenters. The monoisotopic (exact) mass is 248 g/mol. The summed E-state index contributed by atoms with van der Waals surface area (Å²) in [7, 11) is -2.98. The van der Waals surface area contributed by atoms with Crippen molar-refractivity contribution < 1.29 is 13.2 Å². The smallest absolute Gasteiger partial charge is 0.222 e. The molecular formula is C10H20N2O3S. The maximum atomic E-state index is 11.6. The van der Waals surface area contributed by atoms with Crippen LogP contribution < -0.4 is 11.1 Å². The molecule has 0 saturated carbocycles. The van der Waals surface area contributed by atoms with Crippen LogP contribution in [0, 0.1) is 0 Å². The van der Waals surface area contributed by atoms with Gasteiger partial charge in [0.25, 0.3) is 0 Å². The third-order valence-electron chi connectivity index (χ3n) is 2.92. The number of hydrogen-bond acceptors (Lipinski definition) is 4. The molecule has 0 radical (unpaired) electrons. The van der Waals surface area contributed by atoms with Crippen molar-refractivity contribution >= 4 is 15.7 Å². The molecule has 16 heavy (non-hydrogen) atoms. The van der Waals surface area contributed by atoms with Crippen molar-refractivity contribution in [1.82, 2.24) is 5.32 Å². The second-order valence-corrected chi connectivity index (χ2v) is 7.01. The first-order valence-electron chi connectivity index (χ1n) is 5.53. The highest BCUT2D eigenvalue weighted by Crippen LogP contribution is 2.22. The van der Waals surface area contributed by atoms with Crippen LogP contribution in [-0.4, -0.2) is 37.4 Å². The molecule has 1 aliphatic rings. The van der Waals surface area contributed by atoms with Crippen LogP contribution in [0.4, 0.5) is 0 Å². The molecule has 0 aromatic rings. The number of sulfone groups is 1. The summed E-state index contributed by atoms with van der Waals surface area (Å²) in [4.78, 5) is 11.6. The van der Waals surface area contributed by atoms with Gasteiger partial charge in [0.15, 0.2) is 9.84 Å². The quantitative estimate of drug-likeness (QED) is 0.721. The maximum absolute atomic E-state index is 11.6. The lowest BCUT2D eigenvalue weighted by Gasteiger charge is -2.24. The second-order valence-electron chi connectivity index (χ2n) is 4.82. The minimum atomic E-state index is -2.98. The zero-order valence-corrected chi connectivity index (χ0v) is 10.6. The Hall–Kier alpha value is -0.620. The van der Waals surface area contributed by atoms with Gasteiger partial charge in [-0.1, -0.05) is 6.92 Å². The van der Waals surface area contributed by atoms with Gasteiger partial charge in [0.05, 0.1) is 17.0 Å². The lowest BCUT2D eigenvalue weighted by atomic mass is 10.0. The van der Waals surface area contributed by atoms with Crippen LogP contribution in [0.1, 0.15) is 33.1 Å². The number of hydrogen-bond donors (Lipinski definition) is 2. The predicted octanol–water partition coefficient (Wildman–Crippen LogP) is -0.193. The second kappa shape index (κ2) is 4.71. The van der Waals surface area contributed by atoms with Crippen molar-refractivity contribution in [3.8, 4) is 0 Å². The summed E-state index contributed by atoms with van der Waals surface area (Å²) in [5.74, 6) is 0.0328. The number of carbonyl (C=O) groups excluding carboxylic acids is 1. The Kier molecular flexibility index (Phi) is 3.96. The first kappa shape index (κ1) is 13.4. The van der Waals surface area contributed by atoms with Crippen molar-refractivity contribution in [2.24, 2.45) is 5.73 Å². The first-order valence-corrected chi connectivity index (χ1v) is 7.35. The normalized spacial score (nSPS) is 29.9. The lowest BCUT2D eigenvalue weighted by molar-refractivity contribution is -0.122. The van der Waals surface area contributed by atoms with E-state index in [0.717, 1.165) is 6.42 Å². The van der Waals surface area contributed by atoms with Gasteiger partial charge in [-0.15, -0.1) is 0 Å². The summed E-state index contributed by atoms with van der Waals surface area (Å²) in [5, 5.41) is 2.78. The minimum absolute atomic E-state index is 0.0348. The summed E-state index contributed by atoms with van der Waals surface area (Å²) >= 11 is 0. The average Bonchev–Trinajstić information content (AvgIpc) is 2.39. The maximum Gasteiger partial charge on any atom is 0.222 e. The fourth-order valence-electron chi connectivity index (χ4n) is 1.88. The van der Waals surface area contributed by atoms with E-state index in [-0.39, 0.29) is 29.9 Å². The molecule has 1 heterocycles. The Balaban J connectivity index is 2.52. The Bertz CT molecular complexity index is 366. The highest BCUT2D eigenvalue weighted by Gasteiger charge is 2.39. The van der Waals surface area contributed by atoms with Gasteiger partial charge in [-0.3, -0.25) is 4.79 Å². The molecule has 2 unspecified atom stereocenters. The highest BCUT2D eigenvalue weighted by molar-refractivity contribution is 7.91. The predicted molar refractivity (Wildman–Crippen MR) is 62.7 cm³/mol. The molecule has 1 fully saturated rings. The zero-order chi connectivity index (χ0) is 12.4. The molecule has 1 amide bonds. The Morgan fingerprint density at radius 3 is 2.62 bits per heavy atom. The summed E-state index contributed by atoms with van der Waals surface area (Å²) in [5.41, 5.74) is 5.06. The largest absolute Gasteiger partial charge is 0.350 e. The molecule has 0 aromatic heterocycles. The van der Waals surface area contributed by atoms with Gasteiger partial charge >= 0.3 is 0 Å². The Labute approximate surface area is 96.7 Å². The molecular weight excluding hydrogens is 228 g/mol. The summed E-state index contributed by atoms with van der Waals surface area (Å²) < 4.78 is 22.7. The van der Waals surface area contributed by atoms with Crippen LogP contribution in [0.3, 0.4) is 0 Å². The molecule has 94 valence electrons. The molecule has 1 aliphatic heterocycles. The van der Waals surface area contributed by atoms with Gasteiger partial charge in [-0.05, 0) is 19.8 Å². The third kappa shape index (κ3) is 3.75. The highest BCUT2D eigenvalue weighted by atomic mass is 32.2.